The maximum absolute atomic E-state index is 4.94. The summed E-state index contributed by atoms with van der Waals surface area (Å²) >= 11 is 0. The Morgan fingerprint density at radius 2 is 1.84 bits per heavy atom. The van der Waals surface area contributed by atoms with Gasteiger partial charge in [-0.15, -0.1) is 0 Å². The van der Waals surface area contributed by atoms with Gasteiger partial charge >= 0.3 is 0 Å². The molecule has 0 amide bonds. The van der Waals surface area contributed by atoms with E-state index < -0.39 is 0 Å². The van der Waals surface area contributed by atoms with Crippen LogP contribution in [0.15, 0.2) is 58.1 Å². The van der Waals surface area contributed by atoms with Gasteiger partial charge in [0.15, 0.2) is 0 Å². The number of amidine groups is 1. The minimum atomic E-state index is -0.0624. The summed E-state index contributed by atoms with van der Waals surface area (Å²) in [6.45, 7) is 7.17. The zero-order chi connectivity index (χ0) is 21.2. The molecule has 1 fully saturated rings. The van der Waals surface area contributed by atoms with Gasteiger partial charge in [0.1, 0.15) is 17.7 Å². The number of benzene rings is 2. The highest BCUT2D eigenvalue weighted by atomic mass is 15.3. The van der Waals surface area contributed by atoms with Gasteiger partial charge in [-0.3, -0.25) is 0 Å². The highest BCUT2D eigenvalue weighted by Gasteiger charge is 2.29. The van der Waals surface area contributed by atoms with Crippen LogP contribution in [-0.2, 0) is 6.54 Å². The molecule has 0 bridgehead atoms. The molecule has 3 heterocycles. The average Bonchev–Trinajstić information content (AvgIpc) is 3.26. The van der Waals surface area contributed by atoms with Crippen molar-refractivity contribution >= 4 is 23.6 Å². The summed E-state index contributed by atoms with van der Waals surface area (Å²) in [5.74, 6) is 0.880. The van der Waals surface area contributed by atoms with E-state index in [2.05, 4.69) is 80.5 Å². The fourth-order valence-corrected chi connectivity index (χ4v) is 4.33. The van der Waals surface area contributed by atoms with E-state index in [0.717, 1.165) is 61.1 Å². The number of hydrogen-bond acceptors (Lipinski definition) is 7. The number of hydrogen-bond donors (Lipinski definition) is 4. The smallest absolute Gasteiger partial charge is 0.145 e. The average molecular weight is 416 g/mol. The van der Waals surface area contributed by atoms with Gasteiger partial charge in [-0.25, -0.2) is 9.98 Å². The normalized spacial score (nSPS) is 20.3. The predicted molar refractivity (Wildman–Crippen MR) is 127 cm³/mol. The van der Waals surface area contributed by atoms with Crippen LogP contribution in [0, 0.1) is 6.92 Å². The fraction of sp³-hybridized carbons (Fsp3) is 0.333. The number of nitrogens with zero attached hydrogens (tertiary/aromatic N) is 3. The van der Waals surface area contributed by atoms with Gasteiger partial charge in [0.25, 0.3) is 0 Å². The second-order valence-corrected chi connectivity index (χ2v) is 8.15. The van der Waals surface area contributed by atoms with Crippen molar-refractivity contribution in [2.45, 2.75) is 19.6 Å². The van der Waals surface area contributed by atoms with Crippen LogP contribution in [0.1, 0.15) is 22.3 Å². The molecule has 160 valence electrons. The first-order valence-electron chi connectivity index (χ1n) is 10.9. The van der Waals surface area contributed by atoms with Crippen LogP contribution in [0.5, 0.6) is 0 Å². The van der Waals surface area contributed by atoms with Crippen LogP contribution in [0.4, 0.5) is 5.69 Å². The number of anilines is 1. The lowest BCUT2D eigenvalue weighted by atomic mass is 10.0. The minimum absolute atomic E-state index is 0.0624. The number of aryl methyl sites for hydroxylation is 1. The molecule has 1 saturated heterocycles. The van der Waals surface area contributed by atoms with Crippen molar-refractivity contribution in [1.82, 2.24) is 21.3 Å². The SMILES string of the molecule is CNCc1ccc(C2=C3N=C(c4ccc(N5CCNCC5)cc4)NC3NC=N2)cc1C. The topological polar surface area (TPSA) is 76.1 Å². The minimum Gasteiger partial charge on any atom is -0.369 e. The van der Waals surface area contributed by atoms with Crippen LogP contribution < -0.4 is 26.2 Å². The van der Waals surface area contributed by atoms with Crippen LogP contribution in [0.25, 0.3) is 5.70 Å². The summed E-state index contributed by atoms with van der Waals surface area (Å²) in [6, 6.07) is 15.2. The molecule has 0 saturated carbocycles. The van der Waals surface area contributed by atoms with Crippen molar-refractivity contribution < 1.29 is 0 Å². The van der Waals surface area contributed by atoms with E-state index in [9.17, 15) is 0 Å². The second-order valence-electron chi connectivity index (χ2n) is 8.15. The van der Waals surface area contributed by atoms with Crippen LogP contribution in [0.3, 0.4) is 0 Å². The van der Waals surface area contributed by atoms with E-state index in [1.807, 2.05) is 7.05 Å². The Hall–Kier alpha value is -3.16. The molecule has 7 heteroatoms. The number of fused-ring (bicyclic) bond motifs is 1. The first kappa shape index (κ1) is 19.8. The maximum atomic E-state index is 4.94. The number of aliphatic imine (C=N–C) groups is 2. The van der Waals surface area contributed by atoms with E-state index in [0.29, 0.717) is 0 Å². The molecule has 0 aromatic heterocycles. The number of rotatable bonds is 5. The molecule has 0 radical (unpaired) electrons. The van der Waals surface area contributed by atoms with Crippen molar-refractivity contribution in [3.63, 3.8) is 0 Å². The van der Waals surface area contributed by atoms with Gasteiger partial charge in [0.2, 0.25) is 0 Å². The first-order valence-corrected chi connectivity index (χ1v) is 10.9. The molecule has 1 unspecified atom stereocenters. The zero-order valence-electron chi connectivity index (χ0n) is 18.1. The lowest BCUT2D eigenvalue weighted by molar-refractivity contribution is 0.589. The molecule has 3 aliphatic heterocycles. The molecule has 1 atom stereocenters. The molecule has 7 nitrogen and oxygen atoms in total. The Balaban J connectivity index is 1.43. The number of piperazine rings is 1. The van der Waals surface area contributed by atoms with E-state index in [-0.39, 0.29) is 6.17 Å². The van der Waals surface area contributed by atoms with E-state index in [1.54, 1.807) is 6.34 Å². The Morgan fingerprint density at radius 1 is 1.06 bits per heavy atom. The molecular weight excluding hydrogens is 386 g/mol. The Bertz CT molecular complexity index is 1050. The molecule has 2 aromatic rings. The Labute approximate surface area is 183 Å². The first-order chi connectivity index (χ1) is 15.2. The van der Waals surface area contributed by atoms with Crippen molar-refractivity contribution in [2.75, 3.05) is 38.1 Å². The lowest BCUT2D eigenvalue weighted by Gasteiger charge is -2.29. The second kappa shape index (κ2) is 8.53. The van der Waals surface area contributed by atoms with Gasteiger partial charge in [-0.05, 0) is 55.4 Å². The zero-order valence-corrected chi connectivity index (χ0v) is 18.1. The van der Waals surface area contributed by atoms with E-state index in [1.165, 1.54) is 16.8 Å². The van der Waals surface area contributed by atoms with Gasteiger partial charge in [0, 0.05) is 49.5 Å². The van der Waals surface area contributed by atoms with Crippen molar-refractivity contribution in [2.24, 2.45) is 9.98 Å². The highest BCUT2D eigenvalue weighted by Crippen LogP contribution is 2.29. The van der Waals surface area contributed by atoms with E-state index in [4.69, 9.17) is 4.99 Å². The van der Waals surface area contributed by atoms with Gasteiger partial charge in [-0.1, -0.05) is 12.1 Å². The fourth-order valence-electron chi connectivity index (χ4n) is 4.33. The number of nitrogens with one attached hydrogen (secondary N) is 4. The van der Waals surface area contributed by atoms with Crippen molar-refractivity contribution in [1.29, 1.82) is 0 Å². The highest BCUT2D eigenvalue weighted by molar-refractivity contribution is 6.03. The third kappa shape index (κ3) is 3.94. The third-order valence-electron chi connectivity index (χ3n) is 6.07. The molecule has 0 spiro atoms. The molecule has 3 aliphatic rings. The summed E-state index contributed by atoms with van der Waals surface area (Å²) in [5, 5.41) is 13.4. The predicted octanol–water partition coefficient (Wildman–Crippen LogP) is 1.80. The van der Waals surface area contributed by atoms with Gasteiger partial charge < -0.3 is 26.2 Å². The standard InChI is InChI=1S/C24H29N7/c1-16-13-18(3-4-19(16)14-25-2)21-22-24(28-15-27-21)30-23(29-22)17-5-7-20(8-6-17)31-11-9-26-10-12-31/h3-8,13,15,24-26H,9-12,14H2,1-2H3,(H,27,28)(H,29,30). The molecule has 31 heavy (non-hydrogen) atoms. The Kier molecular flexibility index (Phi) is 5.44. The monoisotopic (exact) mass is 415 g/mol. The summed E-state index contributed by atoms with van der Waals surface area (Å²) in [5.41, 5.74) is 7.85. The Morgan fingerprint density at radius 3 is 2.58 bits per heavy atom. The quantitative estimate of drug-likeness (QED) is 0.599. The van der Waals surface area contributed by atoms with Crippen molar-refractivity contribution in [3.8, 4) is 0 Å². The van der Waals surface area contributed by atoms with Crippen LogP contribution in [-0.4, -0.2) is 51.6 Å². The summed E-state index contributed by atoms with van der Waals surface area (Å²) < 4.78 is 0. The van der Waals surface area contributed by atoms with E-state index >= 15 is 0 Å². The largest absolute Gasteiger partial charge is 0.369 e. The molecule has 5 rings (SSSR count). The summed E-state index contributed by atoms with van der Waals surface area (Å²) in [7, 11) is 1.97. The maximum Gasteiger partial charge on any atom is 0.145 e. The molecule has 2 aromatic carbocycles. The summed E-state index contributed by atoms with van der Waals surface area (Å²) in [6.07, 6.45) is 1.70. The van der Waals surface area contributed by atoms with Gasteiger partial charge in [-0.2, -0.15) is 0 Å². The van der Waals surface area contributed by atoms with Gasteiger partial charge in [0.05, 0.1) is 12.0 Å². The molecule has 4 N–H and O–H groups in total. The third-order valence-corrected chi connectivity index (χ3v) is 6.07. The molecular formula is C24H29N7. The van der Waals surface area contributed by atoms with Crippen LogP contribution in [0.2, 0.25) is 0 Å². The van der Waals surface area contributed by atoms with Crippen LogP contribution >= 0.6 is 0 Å². The van der Waals surface area contributed by atoms with Crippen molar-refractivity contribution in [3.05, 3.63) is 70.4 Å². The summed E-state index contributed by atoms with van der Waals surface area (Å²) in [4.78, 5) is 12.0. The lowest BCUT2D eigenvalue weighted by Crippen LogP contribution is -2.43. The molecule has 0 aliphatic carbocycles.